The number of H-pyrrole nitrogens is 1. The maximum atomic E-state index is 13.2. The molecule has 2 rings (SSSR count). The molecule has 1 heterocycles. The van der Waals surface area contributed by atoms with Gasteiger partial charge in [-0.2, -0.15) is 5.21 Å². The van der Waals surface area contributed by atoms with Crippen LogP contribution in [0.1, 0.15) is 5.56 Å². The number of aliphatic hydroxyl groups excluding tert-OH is 1. The Morgan fingerprint density at radius 1 is 1.43 bits per heavy atom. The first-order valence-electron chi connectivity index (χ1n) is 3.94. The smallest absolute Gasteiger partial charge is 0.204 e. The van der Waals surface area contributed by atoms with Gasteiger partial charge in [-0.05, 0) is 11.3 Å². The van der Waals surface area contributed by atoms with Crippen molar-refractivity contribution in [1.29, 1.82) is 0 Å². The molecule has 1 aromatic heterocycles. The van der Waals surface area contributed by atoms with Crippen LogP contribution < -0.4 is 0 Å². The summed E-state index contributed by atoms with van der Waals surface area (Å²) in [5.74, 6) is -0.150. The van der Waals surface area contributed by atoms with Gasteiger partial charge in [0, 0.05) is 11.1 Å². The lowest BCUT2D eigenvalue weighted by Gasteiger charge is -1.99. The molecule has 0 radical (unpaired) electrons. The van der Waals surface area contributed by atoms with Gasteiger partial charge < -0.3 is 5.11 Å². The van der Waals surface area contributed by atoms with E-state index in [2.05, 4.69) is 20.6 Å². The Morgan fingerprint density at radius 3 is 2.86 bits per heavy atom. The predicted molar refractivity (Wildman–Crippen MR) is 45.5 cm³/mol. The fourth-order valence-electron chi connectivity index (χ4n) is 1.10. The molecule has 2 N–H and O–H groups in total. The van der Waals surface area contributed by atoms with Crippen molar-refractivity contribution in [3.63, 3.8) is 0 Å². The van der Waals surface area contributed by atoms with Crippen LogP contribution in [-0.4, -0.2) is 25.7 Å². The summed E-state index contributed by atoms with van der Waals surface area (Å²) in [5.41, 5.74) is 0.769. The summed E-state index contributed by atoms with van der Waals surface area (Å²) >= 11 is 0. The Balaban J connectivity index is 2.43. The summed E-state index contributed by atoms with van der Waals surface area (Å²) in [6.07, 6.45) is 0. The first kappa shape index (κ1) is 8.76. The topological polar surface area (TPSA) is 74.7 Å². The zero-order chi connectivity index (χ0) is 9.97. The fraction of sp³-hybridized carbons (Fsp3) is 0.125. The van der Waals surface area contributed by atoms with Crippen LogP contribution >= 0.6 is 0 Å². The number of halogens is 1. The highest BCUT2D eigenvalue weighted by Gasteiger charge is 2.06. The van der Waals surface area contributed by atoms with E-state index in [0.717, 1.165) is 0 Å². The van der Waals surface area contributed by atoms with Crippen LogP contribution in [0, 0.1) is 5.82 Å². The molecule has 6 heteroatoms. The van der Waals surface area contributed by atoms with Gasteiger partial charge in [0.2, 0.25) is 5.82 Å². The molecule has 1 aromatic carbocycles. The summed E-state index contributed by atoms with van der Waals surface area (Å²) in [6, 6.07) is 4.37. The Kier molecular flexibility index (Phi) is 2.19. The van der Waals surface area contributed by atoms with Crippen LogP contribution in [0.4, 0.5) is 4.39 Å². The SMILES string of the molecule is OCc1ccc(-c2nn[nH]n2)cc1F. The van der Waals surface area contributed by atoms with E-state index in [4.69, 9.17) is 5.11 Å². The van der Waals surface area contributed by atoms with Gasteiger partial charge in [-0.25, -0.2) is 4.39 Å². The van der Waals surface area contributed by atoms with E-state index in [1.54, 1.807) is 6.07 Å². The maximum Gasteiger partial charge on any atom is 0.204 e. The third-order valence-corrected chi connectivity index (χ3v) is 1.83. The lowest BCUT2D eigenvalue weighted by Crippen LogP contribution is -1.91. The molecule has 0 fully saturated rings. The molecule has 72 valence electrons. The molecule has 0 spiro atoms. The van der Waals surface area contributed by atoms with Gasteiger partial charge >= 0.3 is 0 Å². The van der Waals surface area contributed by atoms with E-state index in [1.807, 2.05) is 0 Å². The van der Waals surface area contributed by atoms with Crippen molar-refractivity contribution >= 4 is 0 Å². The molecular weight excluding hydrogens is 187 g/mol. The highest BCUT2D eigenvalue weighted by atomic mass is 19.1. The van der Waals surface area contributed by atoms with Crippen LogP contribution in [0.3, 0.4) is 0 Å². The molecule has 14 heavy (non-hydrogen) atoms. The molecular formula is C8H7FN4O. The molecule has 0 aliphatic rings. The second-order valence-corrected chi connectivity index (χ2v) is 2.70. The van der Waals surface area contributed by atoms with Crippen LogP contribution in [-0.2, 0) is 6.61 Å². The van der Waals surface area contributed by atoms with Gasteiger partial charge in [-0.1, -0.05) is 12.1 Å². The third-order valence-electron chi connectivity index (χ3n) is 1.83. The second kappa shape index (κ2) is 3.51. The molecule has 5 nitrogen and oxygen atoms in total. The van der Waals surface area contributed by atoms with E-state index < -0.39 is 5.82 Å². The Morgan fingerprint density at radius 2 is 2.29 bits per heavy atom. The molecule has 2 aromatic rings. The molecule has 0 saturated carbocycles. The molecule has 0 unspecified atom stereocenters. The number of tetrazole rings is 1. The second-order valence-electron chi connectivity index (χ2n) is 2.70. The zero-order valence-electron chi connectivity index (χ0n) is 7.11. The Hall–Kier alpha value is -1.82. The summed E-state index contributed by atoms with van der Waals surface area (Å²) in [4.78, 5) is 0. The van der Waals surface area contributed by atoms with Gasteiger partial charge in [-0.15, -0.1) is 10.2 Å². The average Bonchev–Trinajstić information content (AvgIpc) is 2.70. The summed E-state index contributed by atoms with van der Waals surface area (Å²) in [6.45, 7) is -0.321. The minimum atomic E-state index is -0.477. The fourth-order valence-corrected chi connectivity index (χ4v) is 1.10. The number of aromatic nitrogens is 4. The monoisotopic (exact) mass is 194 g/mol. The van der Waals surface area contributed by atoms with Crippen molar-refractivity contribution in [2.75, 3.05) is 0 Å². The number of hydrogen-bond acceptors (Lipinski definition) is 4. The normalized spacial score (nSPS) is 10.4. The van der Waals surface area contributed by atoms with Crippen molar-refractivity contribution in [2.24, 2.45) is 0 Å². The molecule has 0 aliphatic carbocycles. The number of hydrogen-bond donors (Lipinski definition) is 2. The highest BCUT2D eigenvalue weighted by molar-refractivity contribution is 5.54. The van der Waals surface area contributed by atoms with Gasteiger partial charge in [-0.3, -0.25) is 0 Å². The standard InChI is InChI=1S/C8H7FN4O/c9-7-3-5(1-2-6(7)4-14)8-10-12-13-11-8/h1-3,14H,4H2,(H,10,11,12,13). The van der Waals surface area contributed by atoms with Crippen molar-refractivity contribution in [3.8, 4) is 11.4 Å². The van der Waals surface area contributed by atoms with Gasteiger partial charge in [0.05, 0.1) is 6.61 Å². The summed E-state index contributed by atoms with van der Waals surface area (Å²) in [5, 5.41) is 21.8. The number of rotatable bonds is 2. The van der Waals surface area contributed by atoms with E-state index in [0.29, 0.717) is 11.4 Å². The van der Waals surface area contributed by atoms with E-state index in [9.17, 15) is 4.39 Å². The number of aliphatic hydroxyl groups is 1. The lowest BCUT2D eigenvalue weighted by molar-refractivity contribution is 0.276. The minimum absolute atomic E-state index is 0.247. The van der Waals surface area contributed by atoms with E-state index >= 15 is 0 Å². The number of aromatic amines is 1. The van der Waals surface area contributed by atoms with Gasteiger partial charge in [0.1, 0.15) is 5.82 Å². The van der Waals surface area contributed by atoms with Gasteiger partial charge in [0.15, 0.2) is 0 Å². The molecule has 0 atom stereocenters. The quantitative estimate of drug-likeness (QED) is 0.729. The average molecular weight is 194 g/mol. The predicted octanol–water partition coefficient (Wildman–Crippen LogP) is 0.498. The van der Waals surface area contributed by atoms with E-state index in [1.165, 1.54) is 12.1 Å². The van der Waals surface area contributed by atoms with Crippen LogP contribution in [0.2, 0.25) is 0 Å². The van der Waals surface area contributed by atoms with Crippen molar-refractivity contribution in [2.45, 2.75) is 6.61 Å². The largest absolute Gasteiger partial charge is 0.392 e. The zero-order valence-corrected chi connectivity index (χ0v) is 7.11. The minimum Gasteiger partial charge on any atom is -0.392 e. The van der Waals surface area contributed by atoms with Gasteiger partial charge in [0.25, 0.3) is 0 Å². The number of benzene rings is 1. The number of nitrogens with one attached hydrogen (secondary N) is 1. The lowest BCUT2D eigenvalue weighted by atomic mass is 10.1. The van der Waals surface area contributed by atoms with E-state index in [-0.39, 0.29) is 12.2 Å². The van der Waals surface area contributed by atoms with Crippen LogP contribution in [0.25, 0.3) is 11.4 Å². The maximum absolute atomic E-state index is 13.2. The molecule has 0 aliphatic heterocycles. The highest BCUT2D eigenvalue weighted by Crippen LogP contribution is 2.17. The summed E-state index contributed by atoms with van der Waals surface area (Å²) in [7, 11) is 0. The third kappa shape index (κ3) is 1.47. The van der Waals surface area contributed by atoms with Crippen LogP contribution in [0.15, 0.2) is 18.2 Å². The molecule has 0 saturated heterocycles. The Bertz CT molecular complexity index is 429. The van der Waals surface area contributed by atoms with Crippen molar-refractivity contribution in [1.82, 2.24) is 20.6 Å². The first-order chi connectivity index (χ1) is 6.81. The molecule has 0 amide bonds. The van der Waals surface area contributed by atoms with Crippen molar-refractivity contribution in [3.05, 3.63) is 29.6 Å². The Labute approximate surface area is 78.6 Å². The first-order valence-corrected chi connectivity index (χ1v) is 3.94. The van der Waals surface area contributed by atoms with Crippen molar-refractivity contribution < 1.29 is 9.50 Å². The number of nitrogens with zero attached hydrogens (tertiary/aromatic N) is 3. The van der Waals surface area contributed by atoms with Crippen LogP contribution in [0.5, 0.6) is 0 Å². The molecule has 0 bridgehead atoms. The summed E-state index contributed by atoms with van der Waals surface area (Å²) < 4.78 is 13.2.